The van der Waals surface area contributed by atoms with Crippen LogP contribution in [0.25, 0.3) is 0 Å². The zero-order valence-electron chi connectivity index (χ0n) is 10.9. The Hall–Kier alpha value is -0.120. The third-order valence-electron chi connectivity index (χ3n) is 3.96. The summed E-state index contributed by atoms with van der Waals surface area (Å²) in [6, 6.07) is 0.428. The number of rotatable bonds is 9. The number of hydrogen-bond acceptors (Lipinski definition) is 3. The maximum absolute atomic E-state index is 5.64. The van der Waals surface area contributed by atoms with Gasteiger partial charge in [-0.2, -0.15) is 0 Å². The molecular formula is C13H28N2O. The van der Waals surface area contributed by atoms with Crippen LogP contribution in [0.4, 0.5) is 0 Å². The quantitative estimate of drug-likeness (QED) is 0.362. The van der Waals surface area contributed by atoms with Crippen LogP contribution in [0.2, 0.25) is 0 Å². The normalized spacial score (nSPS) is 20.4. The number of hydrogen-bond donors (Lipinski definition) is 2. The van der Waals surface area contributed by atoms with E-state index in [1.165, 1.54) is 51.4 Å². The minimum absolute atomic E-state index is 0.141. The summed E-state index contributed by atoms with van der Waals surface area (Å²) in [6.45, 7) is 2.24. The van der Waals surface area contributed by atoms with Gasteiger partial charge in [0, 0.05) is 13.2 Å². The number of ether oxygens (including phenoxy) is 1. The first kappa shape index (κ1) is 13.9. The molecule has 0 heterocycles. The van der Waals surface area contributed by atoms with E-state index < -0.39 is 0 Å². The number of unbranched alkanes of at least 4 members (excludes halogenated alkanes) is 3. The van der Waals surface area contributed by atoms with Gasteiger partial charge in [-0.25, -0.2) is 0 Å². The Bertz CT molecular complexity index is 175. The highest BCUT2D eigenvalue weighted by atomic mass is 16.5. The molecule has 1 aliphatic rings. The average molecular weight is 228 g/mol. The van der Waals surface area contributed by atoms with Gasteiger partial charge < -0.3 is 4.74 Å². The molecule has 96 valence electrons. The topological polar surface area (TPSA) is 47.3 Å². The van der Waals surface area contributed by atoms with Gasteiger partial charge in [0.2, 0.25) is 0 Å². The van der Waals surface area contributed by atoms with E-state index in [1.54, 1.807) is 0 Å². The molecule has 1 saturated carbocycles. The Labute approximate surface area is 100 Å². The fourth-order valence-corrected chi connectivity index (χ4v) is 2.57. The maximum atomic E-state index is 5.64. The second-order valence-electron chi connectivity index (χ2n) is 5.16. The number of hydrazine groups is 1. The lowest BCUT2D eigenvalue weighted by Gasteiger charge is -2.42. The smallest absolute Gasteiger partial charge is 0.0694 e. The molecule has 0 spiro atoms. The lowest BCUT2D eigenvalue weighted by atomic mass is 9.75. The van der Waals surface area contributed by atoms with Crippen LogP contribution in [0.1, 0.15) is 64.7 Å². The van der Waals surface area contributed by atoms with E-state index in [4.69, 9.17) is 10.6 Å². The third-order valence-corrected chi connectivity index (χ3v) is 3.96. The lowest BCUT2D eigenvalue weighted by Crippen LogP contribution is -2.47. The van der Waals surface area contributed by atoms with Gasteiger partial charge in [0.1, 0.15) is 0 Å². The highest BCUT2D eigenvalue weighted by Gasteiger charge is 2.38. The Morgan fingerprint density at radius 3 is 2.50 bits per heavy atom. The summed E-state index contributed by atoms with van der Waals surface area (Å²) >= 11 is 0. The van der Waals surface area contributed by atoms with Crippen molar-refractivity contribution in [3.8, 4) is 0 Å². The molecule has 0 radical (unpaired) electrons. The van der Waals surface area contributed by atoms with Crippen molar-refractivity contribution in [2.45, 2.75) is 76.4 Å². The molecule has 1 fully saturated rings. The minimum Gasteiger partial charge on any atom is -0.378 e. The predicted molar refractivity (Wildman–Crippen MR) is 68.1 cm³/mol. The number of nitrogens with two attached hydrogens (primary N) is 1. The monoisotopic (exact) mass is 228 g/mol. The fourth-order valence-electron chi connectivity index (χ4n) is 2.57. The highest BCUT2D eigenvalue weighted by Crippen LogP contribution is 2.39. The zero-order valence-corrected chi connectivity index (χ0v) is 10.9. The molecule has 3 heteroatoms. The van der Waals surface area contributed by atoms with Crippen molar-refractivity contribution >= 4 is 0 Å². The second kappa shape index (κ2) is 7.25. The van der Waals surface area contributed by atoms with Gasteiger partial charge in [-0.3, -0.25) is 11.3 Å². The Kier molecular flexibility index (Phi) is 6.32. The summed E-state index contributed by atoms with van der Waals surface area (Å²) in [6.07, 6.45) is 11.2. The van der Waals surface area contributed by atoms with E-state index in [1.807, 2.05) is 7.11 Å². The second-order valence-corrected chi connectivity index (χ2v) is 5.16. The van der Waals surface area contributed by atoms with Crippen molar-refractivity contribution in [3.05, 3.63) is 0 Å². The molecule has 1 atom stereocenters. The lowest BCUT2D eigenvalue weighted by molar-refractivity contribution is -0.0840. The molecular weight excluding hydrogens is 200 g/mol. The van der Waals surface area contributed by atoms with Crippen molar-refractivity contribution in [1.82, 2.24) is 5.43 Å². The average Bonchev–Trinajstić information content (AvgIpc) is 2.26. The van der Waals surface area contributed by atoms with Crippen molar-refractivity contribution < 1.29 is 4.74 Å². The van der Waals surface area contributed by atoms with Crippen molar-refractivity contribution in [2.24, 2.45) is 5.84 Å². The number of nitrogens with one attached hydrogen (secondary N) is 1. The highest BCUT2D eigenvalue weighted by molar-refractivity contribution is 4.92. The maximum Gasteiger partial charge on any atom is 0.0694 e. The molecule has 0 saturated heterocycles. The first-order chi connectivity index (χ1) is 7.76. The standard InChI is InChI=1S/C13H28N2O/c1-3-4-5-6-8-12(15-14)11-13(16-2)9-7-10-13/h12,15H,3-11,14H2,1-2H3. The van der Waals surface area contributed by atoms with Crippen molar-refractivity contribution in [1.29, 1.82) is 0 Å². The predicted octanol–water partition coefficient (Wildman–Crippen LogP) is 2.75. The van der Waals surface area contributed by atoms with E-state index in [2.05, 4.69) is 12.3 Å². The molecule has 0 amide bonds. The van der Waals surface area contributed by atoms with E-state index in [-0.39, 0.29) is 5.60 Å². The fraction of sp³-hybridized carbons (Fsp3) is 1.00. The van der Waals surface area contributed by atoms with Crippen LogP contribution in [-0.2, 0) is 4.74 Å². The van der Waals surface area contributed by atoms with Crippen molar-refractivity contribution in [3.63, 3.8) is 0 Å². The van der Waals surface area contributed by atoms with Crippen LogP contribution in [-0.4, -0.2) is 18.8 Å². The van der Waals surface area contributed by atoms with Crippen LogP contribution in [0, 0.1) is 0 Å². The van der Waals surface area contributed by atoms with Crippen LogP contribution < -0.4 is 11.3 Å². The molecule has 1 unspecified atom stereocenters. The Morgan fingerprint density at radius 2 is 2.06 bits per heavy atom. The molecule has 0 bridgehead atoms. The van der Waals surface area contributed by atoms with Gasteiger partial charge in [-0.1, -0.05) is 32.6 Å². The van der Waals surface area contributed by atoms with Gasteiger partial charge in [-0.15, -0.1) is 0 Å². The summed E-state index contributed by atoms with van der Waals surface area (Å²) in [7, 11) is 1.84. The van der Waals surface area contributed by atoms with Gasteiger partial charge in [0.05, 0.1) is 5.60 Å². The Morgan fingerprint density at radius 1 is 1.31 bits per heavy atom. The Balaban J connectivity index is 2.20. The largest absolute Gasteiger partial charge is 0.378 e. The molecule has 0 aliphatic heterocycles. The molecule has 16 heavy (non-hydrogen) atoms. The molecule has 1 rings (SSSR count). The van der Waals surface area contributed by atoms with Gasteiger partial charge in [0.15, 0.2) is 0 Å². The van der Waals surface area contributed by atoms with Crippen LogP contribution in [0.3, 0.4) is 0 Å². The summed E-state index contributed by atoms with van der Waals surface area (Å²) in [4.78, 5) is 0. The van der Waals surface area contributed by atoms with E-state index in [9.17, 15) is 0 Å². The summed E-state index contributed by atoms with van der Waals surface area (Å²) in [5, 5.41) is 0. The van der Waals surface area contributed by atoms with Crippen molar-refractivity contribution in [2.75, 3.05) is 7.11 Å². The first-order valence-electron chi connectivity index (χ1n) is 6.77. The first-order valence-corrected chi connectivity index (χ1v) is 6.77. The minimum atomic E-state index is 0.141. The van der Waals surface area contributed by atoms with E-state index in [0.717, 1.165) is 6.42 Å². The van der Waals surface area contributed by atoms with E-state index >= 15 is 0 Å². The molecule has 3 nitrogen and oxygen atoms in total. The van der Waals surface area contributed by atoms with E-state index in [0.29, 0.717) is 6.04 Å². The molecule has 0 aromatic heterocycles. The van der Waals surface area contributed by atoms with Gasteiger partial charge in [-0.05, 0) is 32.1 Å². The molecule has 0 aromatic carbocycles. The molecule has 0 aromatic rings. The SMILES string of the molecule is CCCCCCC(CC1(OC)CCC1)NN. The third kappa shape index (κ3) is 4.04. The van der Waals surface area contributed by atoms with Gasteiger partial charge in [0.25, 0.3) is 0 Å². The summed E-state index contributed by atoms with van der Waals surface area (Å²) < 4.78 is 5.64. The van der Waals surface area contributed by atoms with Gasteiger partial charge >= 0.3 is 0 Å². The van der Waals surface area contributed by atoms with Crippen LogP contribution in [0.5, 0.6) is 0 Å². The molecule has 1 aliphatic carbocycles. The zero-order chi connectivity index (χ0) is 11.9. The van der Waals surface area contributed by atoms with Crippen LogP contribution in [0.15, 0.2) is 0 Å². The summed E-state index contributed by atoms with van der Waals surface area (Å²) in [5.41, 5.74) is 3.10. The van der Waals surface area contributed by atoms with Crippen LogP contribution >= 0.6 is 0 Å². The summed E-state index contributed by atoms with van der Waals surface area (Å²) in [5.74, 6) is 5.62. The number of methoxy groups -OCH3 is 1. The molecule has 3 N–H and O–H groups in total.